The van der Waals surface area contributed by atoms with Crippen molar-refractivity contribution in [1.29, 1.82) is 0 Å². The monoisotopic (exact) mass is 517 g/mol. The van der Waals surface area contributed by atoms with Gasteiger partial charge in [0.2, 0.25) is 0 Å². The minimum Gasteiger partial charge on any atom is -0.484 e. The summed E-state index contributed by atoms with van der Waals surface area (Å²) in [5.41, 5.74) is 0.492. The summed E-state index contributed by atoms with van der Waals surface area (Å²) in [5.74, 6) is -1.95. The van der Waals surface area contributed by atoms with E-state index < -0.39 is 57.9 Å². The fourth-order valence-corrected chi connectivity index (χ4v) is 4.32. The lowest BCUT2D eigenvalue weighted by molar-refractivity contribution is -0.384. The van der Waals surface area contributed by atoms with E-state index in [2.05, 4.69) is 11.9 Å². The predicted molar refractivity (Wildman–Crippen MR) is 127 cm³/mol. The van der Waals surface area contributed by atoms with Crippen LogP contribution in [0.5, 0.6) is 5.75 Å². The van der Waals surface area contributed by atoms with Crippen molar-refractivity contribution in [3.8, 4) is 5.75 Å². The molecule has 0 spiro atoms. The van der Waals surface area contributed by atoms with Gasteiger partial charge in [-0.25, -0.2) is 9.00 Å². The molecule has 1 fully saturated rings. The third kappa shape index (κ3) is 6.12. The minimum absolute atomic E-state index is 0.133. The van der Waals surface area contributed by atoms with Crippen LogP contribution in [0.4, 0.5) is 5.69 Å². The maximum atomic E-state index is 12.8. The zero-order chi connectivity index (χ0) is 26.4. The fourth-order valence-electron chi connectivity index (χ4n) is 3.49. The first-order valence-electron chi connectivity index (χ1n) is 10.5. The summed E-state index contributed by atoms with van der Waals surface area (Å²) in [7, 11) is 0. The van der Waals surface area contributed by atoms with E-state index in [1.807, 2.05) is 0 Å². The predicted octanol–water partition coefficient (Wildman–Crippen LogP) is 1.54. The van der Waals surface area contributed by atoms with Crippen molar-refractivity contribution in [3.63, 3.8) is 0 Å². The molecule has 1 unspecified atom stereocenters. The molecule has 36 heavy (non-hydrogen) atoms. The number of nitrogens with one attached hydrogen (secondary N) is 1. The van der Waals surface area contributed by atoms with Crippen LogP contribution < -0.4 is 10.1 Å². The smallest absolute Gasteiger partial charge is 0.333 e. The number of para-hydroxylation sites is 1. The number of amides is 2. The molecule has 13 heteroatoms. The number of carbonyl (C=O) groups excluding carboxylic acids is 3. The number of ether oxygens (including phenoxy) is 2. The summed E-state index contributed by atoms with van der Waals surface area (Å²) in [6, 6.07) is 11.0. The number of likely N-dealkylation sites (tertiary alicyclic amines) is 1. The molecule has 1 heterocycles. The lowest BCUT2D eigenvalue weighted by Gasteiger charge is -2.48. The van der Waals surface area contributed by atoms with Crippen LogP contribution in [-0.2, 0) is 36.8 Å². The number of hydrogen-bond donors (Lipinski definition) is 2. The fraction of sp³-hybridized carbons (Fsp3) is 0.261. The zero-order valence-electron chi connectivity index (χ0n) is 19.1. The largest absolute Gasteiger partial charge is 0.484 e. The summed E-state index contributed by atoms with van der Waals surface area (Å²) in [6.07, 6.45) is 0. The molecule has 2 aromatic carbocycles. The molecule has 0 bridgehead atoms. The number of carbonyl (C=O) groups is 3. The second-order valence-corrected chi connectivity index (χ2v) is 8.87. The highest BCUT2D eigenvalue weighted by atomic mass is 32.2. The van der Waals surface area contributed by atoms with Crippen LogP contribution in [-0.4, -0.2) is 60.4 Å². The molecule has 12 nitrogen and oxygen atoms in total. The molecule has 4 atom stereocenters. The van der Waals surface area contributed by atoms with E-state index in [0.717, 1.165) is 4.90 Å². The lowest BCUT2D eigenvalue weighted by Crippen LogP contribution is -2.75. The molecule has 190 valence electrons. The zero-order valence-corrected chi connectivity index (χ0v) is 19.9. The van der Waals surface area contributed by atoms with Gasteiger partial charge in [-0.2, -0.15) is 0 Å². The van der Waals surface area contributed by atoms with E-state index in [1.54, 1.807) is 30.3 Å². The van der Waals surface area contributed by atoms with Crippen LogP contribution in [0.1, 0.15) is 12.5 Å². The Hall–Kier alpha value is -4.10. The minimum atomic E-state index is -2.62. The van der Waals surface area contributed by atoms with Gasteiger partial charge < -0.3 is 24.2 Å². The Balaban J connectivity index is 1.64. The van der Waals surface area contributed by atoms with Crippen LogP contribution in [0.25, 0.3) is 0 Å². The lowest BCUT2D eigenvalue weighted by atomic mass is 9.99. The average Bonchev–Trinajstić information content (AvgIpc) is 2.85. The Morgan fingerprint density at radius 2 is 1.86 bits per heavy atom. The summed E-state index contributed by atoms with van der Waals surface area (Å²) in [5, 5.41) is 11.7. The topological polar surface area (TPSA) is 165 Å². The van der Waals surface area contributed by atoms with Crippen molar-refractivity contribution in [3.05, 3.63) is 82.4 Å². The van der Waals surface area contributed by atoms with Crippen molar-refractivity contribution < 1.29 is 37.5 Å². The van der Waals surface area contributed by atoms with Crippen LogP contribution in [0.2, 0.25) is 0 Å². The van der Waals surface area contributed by atoms with Gasteiger partial charge in [0, 0.05) is 12.1 Å². The van der Waals surface area contributed by atoms with E-state index in [4.69, 9.17) is 9.47 Å². The van der Waals surface area contributed by atoms with Gasteiger partial charge in [0.15, 0.2) is 29.1 Å². The summed E-state index contributed by atoms with van der Waals surface area (Å²) >= 11 is -2.62. The number of non-ortho nitro benzene ring substituents is 1. The van der Waals surface area contributed by atoms with Crippen molar-refractivity contribution in [2.75, 3.05) is 6.61 Å². The molecular formula is C23H23N3O9S. The quantitative estimate of drug-likeness (QED) is 0.112. The van der Waals surface area contributed by atoms with Gasteiger partial charge in [0.1, 0.15) is 18.4 Å². The number of hydrogen-bond acceptors (Lipinski definition) is 8. The number of benzene rings is 2. The van der Waals surface area contributed by atoms with E-state index in [-0.39, 0.29) is 17.9 Å². The number of nitrogens with zero attached hydrogens (tertiary/aromatic N) is 2. The van der Waals surface area contributed by atoms with Gasteiger partial charge in [0.05, 0.1) is 4.92 Å². The normalized spacial score (nSPS) is 18.4. The number of β-lactam (4-membered cyclic amide) rings is 1. The first-order chi connectivity index (χ1) is 17.1. The van der Waals surface area contributed by atoms with E-state index >= 15 is 0 Å². The number of esters is 1. The standard InChI is InChI=1S/C23H23N3O9S/c1-14(2)20(23(29)35-12-15-8-10-16(11-9-15)26(30)31)25-21(28)19(22(25)36(32)33)24-18(27)13-34-17-6-4-3-5-7-17/h3-11,19-20,22H,1,12-13H2,2H3,(H,24,27)(H,32,33)/t19-,20+,22+/m0/s1. The second-order valence-electron chi connectivity index (χ2n) is 7.84. The Bertz CT molecular complexity index is 1190. The van der Waals surface area contributed by atoms with Gasteiger partial charge in [0.25, 0.3) is 17.5 Å². The molecule has 2 amide bonds. The second kappa shape index (κ2) is 11.6. The van der Waals surface area contributed by atoms with Gasteiger partial charge >= 0.3 is 5.97 Å². The number of nitro benzene ring substituents is 1. The number of nitro groups is 1. The van der Waals surface area contributed by atoms with Crippen LogP contribution in [0, 0.1) is 10.1 Å². The van der Waals surface area contributed by atoms with Gasteiger partial charge in [-0.3, -0.25) is 19.7 Å². The van der Waals surface area contributed by atoms with Gasteiger partial charge in [-0.1, -0.05) is 24.8 Å². The summed E-state index contributed by atoms with van der Waals surface area (Å²) in [4.78, 5) is 48.9. The molecular weight excluding hydrogens is 494 g/mol. The molecule has 2 N–H and O–H groups in total. The molecule has 0 saturated carbocycles. The maximum absolute atomic E-state index is 12.8. The Labute approximate surface area is 208 Å². The molecule has 1 aliphatic heterocycles. The molecule has 1 saturated heterocycles. The third-order valence-corrected chi connectivity index (χ3v) is 6.12. The van der Waals surface area contributed by atoms with Crippen molar-refractivity contribution in [2.24, 2.45) is 0 Å². The molecule has 2 aromatic rings. The molecule has 0 aromatic heterocycles. The SMILES string of the molecule is C=C(C)[C@H](C(=O)OCc1ccc([N+](=O)[O-])cc1)N1C(=O)[C@H](NC(=O)COc2ccccc2)[C@H]1S(=O)O. The molecule has 0 aliphatic carbocycles. The van der Waals surface area contributed by atoms with Crippen LogP contribution in [0.15, 0.2) is 66.7 Å². The maximum Gasteiger partial charge on any atom is 0.333 e. The summed E-state index contributed by atoms with van der Waals surface area (Å²) < 4.78 is 32.4. The first kappa shape index (κ1) is 26.5. The highest BCUT2D eigenvalue weighted by molar-refractivity contribution is 7.80. The third-order valence-electron chi connectivity index (χ3n) is 5.21. The van der Waals surface area contributed by atoms with E-state index in [9.17, 15) is 33.3 Å². The number of rotatable bonds is 11. The van der Waals surface area contributed by atoms with Crippen LogP contribution in [0.3, 0.4) is 0 Å². The average molecular weight is 518 g/mol. The Kier molecular flexibility index (Phi) is 8.51. The van der Waals surface area contributed by atoms with E-state index in [0.29, 0.717) is 11.3 Å². The van der Waals surface area contributed by atoms with Crippen molar-refractivity contribution >= 4 is 34.6 Å². The van der Waals surface area contributed by atoms with E-state index in [1.165, 1.54) is 31.2 Å². The molecule has 3 rings (SSSR count). The highest BCUT2D eigenvalue weighted by Crippen LogP contribution is 2.29. The van der Waals surface area contributed by atoms with Crippen molar-refractivity contribution in [1.82, 2.24) is 10.2 Å². The van der Waals surface area contributed by atoms with Crippen LogP contribution >= 0.6 is 0 Å². The highest BCUT2D eigenvalue weighted by Gasteiger charge is 2.56. The van der Waals surface area contributed by atoms with Gasteiger partial charge in [-0.05, 0) is 42.3 Å². The van der Waals surface area contributed by atoms with Crippen molar-refractivity contribution in [2.45, 2.75) is 31.0 Å². The Morgan fingerprint density at radius 1 is 1.22 bits per heavy atom. The van der Waals surface area contributed by atoms with Gasteiger partial charge in [-0.15, -0.1) is 0 Å². The summed E-state index contributed by atoms with van der Waals surface area (Å²) in [6.45, 7) is 4.44. The molecule has 0 radical (unpaired) electrons. The molecule has 1 aliphatic rings. The first-order valence-corrected chi connectivity index (χ1v) is 11.7. The Morgan fingerprint density at radius 3 is 2.42 bits per heavy atom.